The molecule has 1 aliphatic heterocycles. The monoisotopic (exact) mass is 595 g/mol. The molecular weight excluding hydrogens is 571 g/mol. The molecule has 16 heteroatoms. The molecule has 4 rings (SSSR count). The van der Waals surface area contributed by atoms with E-state index in [4.69, 9.17) is 24.7 Å². The van der Waals surface area contributed by atoms with E-state index < -0.39 is 65.1 Å². The van der Waals surface area contributed by atoms with Crippen LogP contribution in [0.5, 0.6) is 0 Å². The van der Waals surface area contributed by atoms with Crippen LogP contribution in [0, 0.1) is 17.5 Å². The van der Waals surface area contributed by atoms with Gasteiger partial charge in [-0.1, -0.05) is 17.0 Å². The fourth-order valence-electron chi connectivity index (χ4n) is 4.17. The molecule has 1 aliphatic rings. The molecule has 41 heavy (non-hydrogen) atoms. The second-order valence-electron chi connectivity index (χ2n) is 8.86. The minimum absolute atomic E-state index is 0.0694. The smallest absolute Gasteiger partial charge is 0.303 e. The van der Waals surface area contributed by atoms with Crippen molar-refractivity contribution >= 4 is 35.5 Å². The SMILES string of the molecule is CC(=O)OCC1O[C@H](Sc2ccnc(N)c2)C(OC(C)=O)C(n2cc(-c3cc(F)c(F)c(F)c3)nn2)[C@H]1OC(C)=O. The molecule has 3 aromatic rings. The lowest BCUT2D eigenvalue weighted by Crippen LogP contribution is -2.57. The van der Waals surface area contributed by atoms with Gasteiger partial charge in [0, 0.05) is 37.4 Å². The fourth-order valence-corrected chi connectivity index (χ4v) is 5.32. The molecule has 12 nitrogen and oxygen atoms in total. The number of halogens is 3. The van der Waals surface area contributed by atoms with E-state index in [1.165, 1.54) is 24.0 Å². The number of rotatable bonds is 8. The van der Waals surface area contributed by atoms with E-state index in [0.717, 1.165) is 37.7 Å². The summed E-state index contributed by atoms with van der Waals surface area (Å²) in [4.78, 5) is 40.6. The zero-order valence-electron chi connectivity index (χ0n) is 21.8. The maximum absolute atomic E-state index is 13.9. The molecule has 3 unspecified atom stereocenters. The zero-order valence-corrected chi connectivity index (χ0v) is 22.6. The summed E-state index contributed by atoms with van der Waals surface area (Å²) < 4.78 is 65.1. The molecule has 2 N–H and O–H groups in total. The van der Waals surface area contributed by atoms with Crippen LogP contribution < -0.4 is 5.73 Å². The molecule has 218 valence electrons. The number of nitrogen functional groups attached to an aromatic ring is 1. The summed E-state index contributed by atoms with van der Waals surface area (Å²) in [5.41, 5.74) is 4.59. The second-order valence-corrected chi connectivity index (χ2v) is 10.0. The Balaban J connectivity index is 1.82. The number of ether oxygens (including phenoxy) is 4. The normalized spacial score (nSPS) is 22.1. The van der Waals surface area contributed by atoms with Crippen LogP contribution in [0.25, 0.3) is 11.3 Å². The molecule has 0 aliphatic carbocycles. The van der Waals surface area contributed by atoms with Gasteiger partial charge in [0.1, 0.15) is 35.7 Å². The lowest BCUT2D eigenvalue weighted by molar-refractivity contribution is -0.212. The van der Waals surface area contributed by atoms with Crippen LogP contribution in [0.1, 0.15) is 26.8 Å². The van der Waals surface area contributed by atoms with Crippen LogP contribution in [0.2, 0.25) is 0 Å². The Morgan fingerprint density at radius 1 is 1.02 bits per heavy atom. The van der Waals surface area contributed by atoms with Crippen molar-refractivity contribution in [1.29, 1.82) is 0 Å². The maximum Gasteiger partial charge on any atom is 0.303 e. The lowest BCUT2D eigenvalue weighted by Gasteiger charge is -2.44. The number of nitrogens with zero attached hydrogens (tertiary/aromatic N) is 4. The summed E-state index contributed by atoms with van der Waals surface area (Å²) in [7, 11) is 0. The fraction of sp³-hybridized carbons (Fsp3) is 0.360. The number of benzene rings is 1. The van der Waals surface area contributed by atoms with E-state index in [1.807, 2.05) is 0 Å². The predicted molar refractivity (Wildman–Crippen MR) is 135 cm³/mol. The Morgan fingerprint density at radius 2 is 1.68 bits per heavy atom. The molecule has 2 aromatic heterocycles. The van der Waals surface area contributed by atoms with E-state index in [0.29, 0.717) is 4.90 Å². The van der Waals surface area contributed by atoms with Crippen molar-refractivity contribution in [2.75, 3.05) is 12.3 Å². The van der Waals surface area contributed by atoms with Crippen LogP contribution in [-0.2, 0) is 33.3 Å². The standard InChI is InChI=1S/C25H24F3N5O7S/c1-11(34)37-10-19-23(38-12(2)35)22(33-9-18(31-32-33)14-6-16(26)21(28)17(27)7-14)24(39-13(3)36)25(40-19)41-15-4-5-30-20(29)8-15/h4-9,19,22-25H,10H2,1-3H3,(H2,29,30)/t19?,22?,23-,24?,25+/m0/s1. The number of anilines is 1. The highest BCUT2D eigenvalue weighted by atomic mass is 32.2. The van der Waals surface area contributed by atoms with Crippen molar-refractivity contribution in [3.63, 3.8) is 0 Å². The largest absolute Gasteiger partial charge is 0.463 e. The van der Waals surface area contributed by atoms with Gasteiger partial charge in [-0.3, -0.25) is 14.4 Å². The third kappa shape index (κ3) is 7.13. The van der Waals surface area contributed by atoms with Crippen LogP contribution in [0.4, 0.5) is 19.0 Å². The average Bonchev–Trinajstić information content (AvgIpc) is 3.37. The van der Waals surface area contributed by atoms with Crippen molar-refractivity contribution in [3.05, 3.63) is 54.1 Å². The lowest BCUT2D eigenvalue weighted by atomic mass is 9.96. The van der Waals surface area contributed by atoms with E-state index in [2.05, 4.69) is 15.3 Å². The third-order valence-electron chi connectivity index (χ3n) is 5.77. The first kappa shape index (κ1) is 29.8. The second kappa shape index (κ2) is 12.6. The first-order chi connectivity index (χ1) is 19.4. The topological polar surface area (TPSA) is 158 Å². The molecule has 0 spiro atoms. The van der Waals surface area contributed by atoms with Crippen molar-refractivity contribution in [2.45, 2.75) is 55.5 Å². The van der Waals surface area contributed by atoms with E-state index in [1.54, 1.807) is 12.1 Å². The van der Waals surface area contributed by atoms with Gasteiger partial charge in [-0.25, -0.2) is 22.8 Å². The van der Waals surface area contributed by atoms with Crippen molar-refractivity contribution < 1.29 is 46.5 Å². The summed E-state index contributed by atoms with van der Waals surface area (Å²) in [6.45, 7) is 3.12. The average molecular weight is 596 g/mol. The number of pyridine rings is 1. The molecule has 0 saturated carbocycles. The van der Waals surface area contributed by atoms with Crippen LogP contribution in [-0.4, -0.2) is 68.2 Å². The molecular formula is C25H24F3N5O7S. The van der Waals surface area contributed by atoms with Gasteiger partial charge in [-0.05, 0) is 24.3 Å². The van der Waals surface area contributed by atoms with Crippen molar-refractivity contribution in [1.82, 2.24) is 20.0 Å². The Kier molecular flexibility index (Phi) is 9.12. The summed E-state index contributed by atoms with van der Waals surface area (Å²) >= 11 is 1.09. The van der Waals surface area contributed by atoms with E-state index in [-0.39, 0.29) is 23.7 Å². The maximum atomic E-state index is 13.9. The Labute approximate surface area is 235 Å². The van der Waals surface area contributed by atoms with Crippen molar-refractivity contribution in [2.24, 2.45) is 0 Å². The van der Waals surface area contributed by atoms with Gasteiger partial charge in [0.15, 0.2) is 29.7 Å². The molecule has 0 amide bonds. The Hall–Kier alpha value is -4.18. The van der Waals surface area contributed by atoms with E-state index in [9.17, 15) is 27.6 Å². The van der Waals surface area contributed by atoms with Gasteiger partial charge in [0.25, 0.3) is 0 Å². The first-order valence-electron chi connectivity index (χ1n) is 12.0. The first-order valence-corrected chi connectivity index (χ1v) is 12.9. The third-order valence-corrected chi connectivity index (χ3v) is 6.91. The number of hydrogen-bond acceptors (Lipinski definition) is 12. The molecule has 0 radical (unpaired) electrons. The highest BCUT2D eigenvalue weighted by Gasteiger charge is 2.52. The Morgan fingerprint density at radius 3 is 2.29 bits per heavy atom. The predicted octanol–water partition coefficient (Wildman–Crippen LogP) is 2.82. The van der Waals surface area contributed by atoms with Gasteiger partial charge in [0.05, 0.1) is 6.20 Å². The van der Waals surface area contributed by atoms with Gasteiger partial charge in [-0.15, -0.1) is 5.10 Å². The van der Waals surface area contributed by atoms with Crippen LogP contribution in [0.15, 0.2) is 41.6 Å². The molecule has 1 saturated heterocycles. The number of carbonyl (C=O) groups excluding carboxylic acids is 3. The van der Waals surface area contributed by atoms with Gasteiger partial charge in [0.2, 0.25) is 0 Å². The summed E-state index contributed by atoms with van der Waals surface area (Å²) in [6, 6.07) is 3.51. The minimum Gasteiger partial charge on any atom is -0.463 e. The quantitative estimate of drug-likeness (QED) is 0.231. The Bertz CT molecular complexity index is 1440. The summed E-state index contributed by atoms with van der Waals surface area (Å²) in [6.07, 6.45) is -0.844. The number of carbonyl (C=O) groups is 3. The number of esters is 3. The minimum atomic E-state index is -1.65. The number of aromatic nitrogens is 4. The molecule has 5 atom stereocenters. The van der Waals surface area contributed by atoms with Crippen LogP contribution >= 0.6 is 11.8 Å². The molecule has 1 fully saturated rings. The zero-order chi connectivity index (χ0) is 29.8. The highest BCUT2D eigenvalue weighted by Crippen LogP contribution is 2.41. The molecule has 3 heterocycles. The summed E-state index contributed by atoms with van der Waals surface area (Å²) in [5.74, 6) is -6.42. The van der Waals surface area contributed by atoms with Gasteiger partial charge < -0.3 is 24.7 Å². The van der Waals surface area contributed by atoms with Crippen LogP contribution in [0.3, 0.4) is 0 Å². The number of nitrogens with two attached hydrogens (primary N) is 1. The van der Waals surface area contributed by atoms with Crippen molar-refractivity contribution in [3.8, 4) is 11.3 Å². The van der Waals surface area contributed by atoms with Gasteiger partial charge >= 0.3 is 17.9 Å². The molecule has 1 aromatic carbocycles. The number of hydrogen-bond donors (Lipinski definition) is 1. The summed E-state index contributed by atoms with van der Waals surface area (Å²) in [5, 5.41) is 7.98. The highest BCUT2D eigenvalue weighted by molar-refractivity contribution is 7.99. The molecule has 0 bridgehead atoms. The van der Waals surface area contributed by atoms with E-state index >= 15 is 0 Å². The number of thioether (sulfide) groups is 1. The van der Waals surface area contributed by atoms with Gasteiger partial charge in [-0.2, -0.15) is 0 Å².